The van der Waals surface area contributed by atoms with Crippen molar-refractivity contribution in [3.8, 4) is 22.4 Å². The van der Waals surface area contributed by atoms with Crippen molar-refractivity contribution in [1.29, 1.82) is 0 Å². The number of halogens is 4. The van der Waals surface area contributed by atoms with Crippen LogP contribution < -0.4 is 9.62 Å². The van der Waals surface area contributed by atoms with Crippen LogP contribution in [0.15, 0.2) is 48.5 Å². The summed E-state index contributed by atoms with van der Waals surface area (Å²) in [5, 5.41) is 9.99. The summed E-state index contributed by atoms with van der Waals surface area (Å²) in [7, 11) is 0. The van der Waals surface area contributed by atoms with Crippen LogP contribution in [0.3, 0.4) is 0 Å². The van der Waals surface area contributed by atoms with Crippen molar-refractivity contribution in [3.05, 3.63) is 60.2 Å². The Hall–Kier alpha value is -3.09. The predicted octanol–water partition coefficient (Wildman–Crippen LogP) is 4.09. The molecule has 1 aliphatic heterocycles. The Labute approximate surface area is 188 Å². The number of nitrogens with zero attached hydrogens (tertiary/aromatic N) is 3. The predicted molar refractivity (Wildman–Crippen MR) is 115 cm³/mol. The molecule has 1 fully saturated rings. The monoisotopic (exact) mass is 482 g/mol. The molecular formula is C21H18F4N4O3S. The number of rotatable bonds is 5. The van der Waals surface area contributed by atoms with Crippen molar-refractivity contribution in [3.63, 3.8) is 0 Å². The van der Waals surface area contributed by atoms with Gasteiger partial charge in [0.25, 0.3) is 11.3 Å². The van der Waals surface area contributed by atoms with Gasteiger partial charge in [-0.2, -0.15) is 13.2 Å². The number of anilines is 2. The summed E-state index contributed by atoms with van der Waals surface area (Å²) in [6, 6.07) is 11.0. The summed E-state index contributed by atoms with van der Waals surface area (Å²) < 4.78 is 77.3. The molecule has 12 heteroatoms. The molecule has 7 nitrogen and oxygen atoms in total. The molecular weight excluding hydrogens is 464 g/mol. The maximum atomic E-state index is 13.7. The molecule has 33 heavy (non-hydrogen) atoms. The van der Waals surface area contributed by atoms with E-state index in [-0.39, 0.29) is 41.4 Å². The van der Waals surface area contributed by atoms with E-state index in [1.54, 1.807) is 12.1 Å². The number of benzene rings is 2. The van der Waals surface area contributed by atoms with Crippen molar-refractivity contribution in [2.75, 3.05) is 22.7 Å². The zero-order chi connectivity index (χ0) is 23.8. The Morgan fingerprint density at radius 2 is 1.82 bits per heavy atom. The first-order valence-corrected chi connectivity index (χ1v) is 10.9. The second-order valence-electron chi connectivity index (χ2n) is 7.42. The molecule has 3 aromatic rings. The first kappa shape index (κ1) is 23.1. The minimum atomic E-state index is -4.85. The Morgan fingerprint density at radius 3 is 2.42 bits per heavy atom. The van der Waals surface area contributed by atoms with Crippen molar-refractivity contribution >= 4 is 22.8 Å². The lowest BCUT2D eigenvalue weighted by Gasteiger charge is -2.24. The second-order valence-corrected chi connectivity index (χ2v) is 8.12. The molecule has 0 radical (unpaired) electrons. The van der Waals surface area contributed by atoms with Crippen LogP contribution in [0.1, 0.15) is 12.2 Å². The van der Waals surface area contributed by atoms with E-state index in [0.29, 0.717) is 12.0 Å². The molecule has 0 aliphatic carbocycles. The third-order valence-electron chi connectivity index (χ3n) is 5.08. The van der Waals surface area contributed by atoms with Crippen LogP contribution in [0, 0.1) is 5.82 Å². The molecule has 1 aliphatic rings. The summed E-state index contributed by atoms with van der Waals surface area (Å²) in [5.41, 5.74) is 0.969. The van der Waals surface area contributed by atoms with Crippen molar-refractivity contribution in [2.24, 2.45) is 0 Å². The standard InChI is InChI=1S/C21H18F4N4O3S/c22-14-6-4-12(5-7-14)18-17(13-2-1-3-15(10-13)28-33(31)32)19(29-9-8-16(30)11-29)27-20(26-18)21(23,24)25/h1-7,10,16,28,30H,8-9,11H2,(H,31,32)/t16-/m1/s1. The highest BCUT2D eigenvalue weighted by Crippen LogP contribution is 2.41. The van der Waals surface area contributed by atoms with Gasteiger partial charge in [0.05, 0.1) is 17.4 Å². The highest BCUT2D eigenvalue weighted by atomic mass is 32.2. The SMILES string of the molecule is O=S(O)Nc1cccc(-c2c(-c3ccc(F)cc3)nc(C(F)(F)F)nc2N2CC[C@@H](O)C2)c1. The number of nitrogens with one attached hydrogen (secondary N) is 1. The zero-order valence-corrected chi connectivity index (χ0v) is 17.7. The first-order valence-electron chi connectivity index (χ1n) is 9.78. The van der Waals surface area contributed by atoms with E-state index in [4.69, 9.17) is 4.55 Å². The van der Waals surface area contributed by atoms with E-state index >= 15 is 0 Å². The maximum Gasteiger partial charge on any atom is 0.451 e. The fraction of sp³-hybridized carbons (Fsp3) is 0.238. The van der Waals surface area contributed by atoms with Gasteiger partial charge in [0.15, 0.2) is 0 Å². The van der Waals surface area contributed by atoms with Crippen LogP contribution in [0.2, 0.25) is 0 Å². The lowest BCUT2D eigenvalue weighted by Crippen LogP contribution is -2.25. The molecule has 2 atom stereocenters. The molecule has 3 N–H and O–H groups in total. The Bertz CT molecular complexity index is 1190. The fourth-order valence-electron chi connectivity index (χ4n) is 3.66. The van der Waals surface area contributed by atoms with Crippen molar-refractivity contribution < 1.29 is 31.4 Å². The lowest BCUT2D eigenvalue weighted by atomic mass is 9.98. The number of alkyl halides is 3. The van der Waals surface area contributed by atoms with Crippen molar-refractivity contribution in [2.45, 2.75) is 18.7 Å². The van der Waals surface area contributed by atoms with Crippen LogP contribution in [0.5, 0.6) is 0 Å². The molecule has 174 valence electrons. The highest BCUT2D eigenvalue weighted by Gasteiger charge is 2.38. The largest absolute Gasteiger partial charge is 0.451 e. The van der Waals surface area contributed by atoms with Crippen LogP contribution in [0.25, 0.3) is 22.4 Å². The minimum Gasteiger partial charge on any atom is -0.391 e. The second kappa shape index (κ2) is 9.04. The van der Waals surface area contributed by atoms with Gasteiger partial charge in [0.2, 0.25) is 5.82 Å². The summed E-state index contributed by atoms with van der Waals surface area (Å²) in [5.74, 6) is -1.98. The smallest absolute Gasteiger partial charge is 0.391 e. The third-order valence-corrected chi connectivity index (χ3v) is 5.49. The van der Waals surface area contributed by atoms with Gasteiger partial charge in [-0.3, -0.25) is 9.27 Å². The van der Waals surface area contributed by atoms with E-state index in [1.165, 1.54) is 29.2 Å². The number of aromatic nitrogens is 2. The molecule has 0 bridgehead atoms. The minimum absolute atomic E-state index is 0.0459. The number of hydrogen-bond donors (Lipinski definition) is 3. The highest BCUT2D eigenvalue weighted by molar-refractivity contribution is 7.80. The lowest BCUT2D eigenvalue weighted by molar-refractivity contribution is -0.144. The number of hydrogen-bond acceptors (Lipinski definition) is 5. The third kappa shape index (κ3) is 5.13. The van der Waals surface area contributed by atoms with Crippen LogP contribution in [-0.4, -0.2) is 43.0 Å². The molecule has 0 saturated carbocycles. The molecule has 2 heterocycles. The summed E-state index contributed by atoms with van der Waals surface area (Å²) in [6.45, 7) is 0.340. The van der Waals surface area contributed by atoms with E-state index < -0.39 is 35.2 Å². The molecule has 0 amide bonds. The van der Waals surface area contributed by atoms with Gasteiger partial charge in [-0.1, -0.05) is 12.1 Å². The van der Waals surface area contributed by atoms with E-state index in [0.717, 1.165) is 12.1 Å². The van der Waals surface area contributed by atoms with Gasteiger partial charge in [-0.25, -0.2) is 18.6 Å². The van der Waals surface area contributed by atoms with Crippen molar-refractivity contribution in [1.82, 2.24) is 9.97 Å². The van der Waals surface area contributed by atoms with Crippen LogP contribution in [0.4, 0.5) is 29.1 Å². The van der Waals surface area contributed by atoms with E-state index in [2.05, 4.69) is 14.7 Å². The Balaban J connectivity index is 2.01. The van der Waals surface area contributed by atoms with Gasteiger partial charge in [0.1, 0.15) is 11.6 Å². The quantitative estimate of drug-likeness (QED) is 0.374. The molecule has 0 spiro atoms. The number of aliphatic hydroxyl groups excluding tert-OH is 1. The van der Waals surface area contributed by atoms with Gasteiger partial charge < -0.3 is 10.0 Å². The zero-order valence-electron chi connectivity index (χ0n) is 16.9. The maximum absolute atomic E-state index is 13.7. The molecule has 1 aromatic heterocycles. The average Bonchev–Trinajstić information content (AvgIpc) is 3.18. The Kier molecular flexibility index (Phi) is 6.32. The molecule has 4 rings (SSSR count). The molecule has 2 aromatic carbocycles. The number of β-amino-alcohol motifs (C(OH)–C–C–N with tert-alkyl or cyclic N) is 1. The fourth-order valence-corrected chi connectivity index (χ4v) is 3.99. The van der Waals surface area contributed by atoms with Gasteiger partial charge >= 0.3 is 6.18 Å². The van der Waals surface area contributed by atoms with E-state index in [1.807, 2.05) is 0 Å². The summed E-state index contributed by atoms with van der Waals surface area (Å²) in [4.78, 5) is 9.13. The van der Waals surface area contributed by atoms with E-state index in [9.17, 15) is 26.9 Å². The topological polar surface area (TPSA) is 98.6 Å². The Morgan fingerprint density at radius 1 is 1.09 bits per heavy atom. The number of aliphatic hydroxyl groups is 1. The van der Waals surface area contributed by atoms with Gasteiger partial charge in [-0.15, -0.1) is 0 Å². The first-order chi connectivity index (χ1) is 15.6. The molecule has 1 saturated heterocycles. The molecule has 1 unspecified atom stereocenters. The van der Waals surface area contributed by atoms with Gasteiger partial charge in [-0.05, 0) is 48.4 Å². The summed E-state index contributed by atoms with van der Waals surface area (Å²) in [6.07, 6.45) is -5.24. The average molecular weight is 482 g/mol. The van der Waals surface area contributed by atoms with Crippen LogP contribution in [-0.2, 0) is 17.4 Å². The summed E-state index contributed by atoms with van der Waals surface area (Å²) >= 11 is -2.37. The van der Waals surface area contributed by atoms with Gasteiger partial charge in [0, 0.05) is 24.3 Å². The normalized spacial score (nSPS) is 17.3. The van der Waals surface area contributed by atoms with Crippen LogP contribution >= 0.6 is 0 Å².